The lowest BCUT2D eigenvalue weighted by molar-refractivity contribution is 0.308. The highest BCUT2D eigenvalue weighted by molar-refractivity contribution is 7.98. The Balaban J connectivity index is 1.82. The highest BCUT2D eigenvalue weighted by atomic mass is 32.2. The molecule has 2 rings (SSSR count). The molecule has 2 fully saturated rings. The van der Waals surface area contributed by atoms with E-state index in [1.54, 1.807) is 0 Å². The Labute approximate surface area is 104 Å². The molecule has 1 heterocycles. The van der Waals surface area contributed by atoms with E-state index in [0.29, 0.717) is 6.04 Å². The molecule has 2 aliphatic rings. The maximum Gasteiger partial charge on any atom is 0.0132 e. The Bertz CT molecular complexity index is 204. The lowest BCUT2D eigenvalue weighted by Crippen LogP contribution is -2.45. The predicted octanol–water partition coefficient (Wildman–Crippen LogP) is 2.25. The summed E-state index contributed by atoms with van der Waals surface area (Å²) in [5, 5.41) is 7.53. The van der Waals surface area contributed by atoms with Gasteiger partial charge in [-0.1, -0.05) is 6.42 Å². The zero-order valence-electron chi connectivity index (χ0n) is 10.7. The number of thioether (sulfide) groups is 1. The van der Waals surface area contributed by atoms with Crippen molar-refractivity contribution >= 4 is 11.8 Å². The van der Waals surface area contributed by atoms with Crippen molar-refractivity contribution in [1.29, 1.82) is 0 Å². The van der Waals surface area contributed by atoms with Gasteiger partial charge in [0.15, 0.2) is 0 Å². The van der Waals surface area contributed by atoms with Gasteiger partial charge in [-0.25, -0.2) is 0 Å². The third-order valence-electron chi connectivity index (χ3n) is 4.10. The lowest BCUT2D eigenvalue weighted by atomic mass is 9.93. The number of hydrogen-bond acceptors (Lipinski definition) is 3. The molecule has 2 N–H and O–H groups in total. The molecule has 3 heteroatoms. The van der Waals surface area contributed by atoms with Gasteiger partial charge in [0.2, 0.25) is 0 Å². The first-order valence-electron chi connectivity index (χ1n) is 6.79. The molecule has 2 nitrogen and oxygen atoms in total. The topological polar surface area (TPSA) is 24.1 Å². The summed E-state index contributed by atoms with van der Waals surface area (Å²) in [5.41, 5.74) is 0. The van der Waals surface area contributed by atoms with Gasteiger partial charge in [0.25, 0.3) is 0 Å². The smallest absolute Gasteiger partial charge is 0.0132 e. The van der Waals surface area contributed by atoms with Crippen molar-refractivity contribution in [1.82, 2.24) is 10.6 Å². The second-order valence-electron chi connectivity index (χ2n) is 5.43. The first kappa shape index (κ1) is 12.7. The van der Waals surface area contributed by atoms with Crippen molar-refractivity contribution in [2.75, 3.05) is 18.6 Å². The minimum Gasteiger partial charge on any atom is -0.314 e. The van der Waals surface area contributed by atoms with E-state index in [1.807, 2.05) is 11.8 Å². The molecule has 1 saturated carbocycles. The van der Waals surface area contributed by atoms with Crippen LogP contribution in [0.1, 0.15) is 39.0 Å². The largest absolute Gasteiger partial charge is 0.314 e. The standard InChI is InChI=1S/C13H26N2S/c1-10(9-16-2)15-13-6-3-5-11(13)12-7-4-8-14-12/h10-15H,3-9H2,1-2H3. The minimum absolute atomic E-state index is 0.669. The molecule has 0 aromatic rings. The van der Waals surface area contributed by atoms with Gasteiger partial charge in [-0.3, -0.25) is 0 Å². The Hall–Kier alpha value is 0.270. The maximum atomic E-state index is 3.85. The van der Waals surface area contributed by atoms with Gasteiger partial charge in [0.1, 0.15) is 0 Å². The van der Waals surface area contributed by atoms with E-state index < -0.39 is 0 Å². The molecule has 0 aromatic carbocycles. The summed E-state index contributed by atoms with van der Waals surface area (Å²) in [7, 11) is 0. The van der Waals surface area contributed by atoms with Crippen LogP contribution in [-0.4, -0.2) is 36.7 Å². The van der Waals surface area contributed by atoms with Crippen LogP contribution in [0.3, 0.4) is 0 Å². The van der Waals surface area contributed by atoms with E-state index in [9.17, 15) is 0 Å². The van der Waals surface area contributed by atoms with Crippen molar-refractivity contribution < 1.29 is 0 Å². The van der Waals surface area contributed by atoms with Crippen LogP contribution in [0, 0.1) is 5.92 Å². The molecule has 94 valence electrons. The Morgan fingerprint density at radius 1 is 1.31 bits per heavy atom. The van der Waals surface area contributed by atoms with Crippen LogP contribution < -0.4 is 10.6 Å². The van der Waals surface area contributed by atoms with Crippen LogP contribution in [0.15, 0.2) is 0 Å². The highest BCUT2D eigenvalue weighted by Gasteiger charge is 2.35. The van der Waals surface area contributed by atoms with E-state index in [2.05, 4.69) is 23.8 Å². The van der Waals surface area contributed by atoms with Gasteiger partial charge in [-0.15, -0.1) is 0 Å². The van der Waals surface area contributed by atoms with Crippen LogP contribution in [0.4, 0.5) is 0 Å². The summed E-state index contributed by atoms with van der Waals surface area (Å²) in [4.78, 5) is 0. The fourth-order valence-corrected chi connectivity index (χ4v) is 4.01. The summed E-state index contributed by atoms with van der Waals surface area (Å²) in [6, 6.07) is 2.25. The van der Waals surface area contributed by atoms with E-state index in [-0.39, 0.29) is 0 Å². The second kappa shape index (κ2) is 6.27. The van der Waals surface area contributed by atoms with Gasteiger partial charge in [-0.2, -0.15) is 11.8 Å². The third kappa shape index (κ3) is 3.14. The summed E-state index contributed by atoms with van der Waals surface area (Å²) in [6.45, 7) is 3.57. The van der Waals surface area contributed by atoms with Gasteiger partial charge in [-0.05, 0) is 51.3 Å². The number of hydrogen-bond donors (Lipinski definition) is 2. The molecule has 0 amide bonds. The molecular formula is C13H26N2S. The van der Waals surface area contributed by atoms with Crippen molar-refractivity contribution in [2.24, 2.45) is 5.92 Å². The van der Waals surface area contributed by atoms with E-state index >= 15 is 0 Å². The molecule has 1 saturated heterocycles. The average Bonchev–Trinajstić information content (AvgIpc) is 2.86. The molecule has 1 aliphatic heterocycles. The zero-order chi connectivity index (χ0) is 11.4. The Morgan fingerprint density at radius 2 is 2.19 bits per heavy atom. The number of rotatable bonds is 5. The zero-order valence-corrected chi connectivity index (χ0v) is 11.5. The van der Waals surface area contributed by atoms with Crippen LogP contribution >= 0.6 is 11.8 Å². The van der Waals surface area contributed by atoms with Crippen molar-refractivity contribution in [2.45, 2.75) is 57.2 Å². The van der Waals surface area contributed by atoms with Gasteiger partial charge in [0.05, 0.1) is 0 Å². The average molecular weight is 242 g/mol. The van der Waals surface area contributed by atoms with Crippen LogP contribution in [0.25, 0.3) is 0 Å². The predicted molar refractivity (Wildman–Crippen MR) is 73.1 cm³/mol. The minimum atomic E-state index is 0.669. The van der Waals surface area contributed by atoms with Crippen LogP contribution in [0.2, 0.25) is 0 Å². The molecule has 0 spiro atoms. The van der Waals surface area contributed by atoms with Crippen molar-refractivity contribution in [3.63, 3.8) is 0 Å². The fraction of sp³-hybridized carbons (Fsp3) is 1.00. The van der Waals surface area contributed by atoms with Crippen molar-refractivity contribution in [3.05, 3.63) is 0 Å². The number of nitrogens with one attached hydrogen (secondary N) is 2. The van der Waals surface area contributed by atoms with E-state index in [0.717, 1.165) is 18.0 Å². The van der Waals surface area contributed by atoms with E-state index in [1.165, 1.54) is 44.4 Å². The maximum absolute atomic E-state index is 3.85. The molecule has 4 atom stereocenters. The summed E-state index contributed by atoms with van der Waals surface area (Å²) in [5.74, 6) is 2.13. The molecular weight excluding hydrogens is 216 g/mol. The van der Waals surface area contributed by atoms with Gasteiger partial charge in [0, 0.05) is 23.9 Å². The van der Waals surface area contributed by atoms with Crippen molar-refractivity contribution in [3.8, 4) is 0 Å². The SMILES string of the molecule is CSCC(C)NC1CCCC1C1CCCN1. The normalized spacial score (nSPS) is 36.8. The van der Waals surface area contributed by atoms with Gasteiger partial charge >= 0.3 is 0 Å². The fourth-order valence-electron chi connectivity index (χ4n) is 3.42. The molecule has 4 unspecified atom stereocenters. The monoisotopic (exact) mass is 242 g/mol. The van der Waals surface area contributed by atoms with Crippen LogP contribution in [0.5, 0.6) is 0 Å². The molecule has 0 aromatic heterocycles. The highest BCUT2D eigenvalue weighted by Crippen LogP contribution is 2.32. The first-order valence-corrected chi connectivity index (χ1v) is 8.19. The summed E-state index contributed by atoms with van der Waals surface area (Å²) >= 11 is 1.95. The molecule has 16 heavy (non-hydrogen) atoms. The molecule has 0 radical (unpaired) electrons. The summed E-state index contributed by atoms with van der Waals surface area (Å²) in [6.07, 6.45) is 9.23. The van der Waals surface area contributed by atoms with Gasteiger partial charge < -0.3 is 10.6 Å². The first-order chi connectivity index (χ1) is 7.81. The quantitative estimate of drug-likeness (QED) is 0.773. The third-order valence-corrected chi connectivity index (χ3v) is 4.93. The Morgan fingerprint density at radius 3 is 2.88 bits per heavy atom. The summed E-state index contributed by atoms with van der Waals surface area (Å²) < 4.78 is 0. The lowest BCUT2D eigenvalue weighted by Gasteiger charge is -2.29. The molecule has 0 bridgehead atoms. The Kier molecular flexibility index (Phi) is 4.98. The van der Waals surface area contributed by atoms with E-state index in [4.69, 9.17) is 0 Å². The second-order valence-corrected chi connectivity index (χ2v) is 6.34. The van der Waals surface area contributed by atoms with Crippen LogP contribution in [-0.2, 0) is 0 Å². The molecule has 1 aliphatic carbocycles.